The van der Waals surface area contributed by atoms with Crippen LogP contribution in [0.3, 0.4) is 0 Å². The van der Waals surface area contributed by atoms with Crippen LogP contribution in [0.25, 0.3) is 0 Å². The summed E-state index contributed by atoms with van der Waals surface area (Å²) in [4.78, 5) is 7.29. The maximum absolute atomic E-state index is 6.07. The summed E-state index contributed by atoms with van der Waals surface area (Å²) in [5.74, 6) is 0.482. The molecule has 1 atom stereocenters. The summed E-state index contributed by atoms with van der Waals surface area (Å²) in [6, 6.07) is 19.1. The summed E-state index contributed by atoms with van der Waals surface area (Å²) >= 11 is 6.07. The molecule has 1 aliphatic rings. The highest BCUT2D eigenvalue weighted by Crippen LogP contribution is 2.26. The van der Waals surface area contributed by atoms with Crippen molar-refractivity contribution in [3.63, 3.8) is 0 Å². The molecule has 2 aromatic carbocycles. The van der Waals surface area contributed by atoms with Gasteiger partial charge in [0.15, 0.2) is 0 Å². The van der Waals surface area contributed by atoms with Crippen LogP contribution in [0.4, 0.5) is 0 Å². The van der Waals surface area contributed by atoms with Crippen molar-refractivity contribution in [1.29, 1.82) is 0 Å². The van der Waals surface area contributed by atoms with Gasteiger partial charge < -0.3 is 4.90 Å². The molecular weight excluding hydrogens is 328 g/mol. The molecule has 0 spiro atoms. The van der Waals surface area contributed by atoms with Crippen molar-refractivity contribution in [2.24, 2.45) is 4.99 Å². The molecule has 0 radical (unpaired) electrons. The molecule has 3 rings (SSSR count). The van der Waals surface area contributed by atoms with E-state index in [1.54, 1.807) is 0 Å². The molecule has 1 heterocycles. The van der Waals surface area contributed by atoms with Gasteiger partial charge in [-0.05, 0) is 61.9 Å². The second-order valence-electron chi connectivity index (χ2n) is 6.98. The van der Waals surface area contributed by atoms with Crippen LogP contribution in [0.1, 0.15) is 36.3 Å². The van der Waals surface area contributed by atoms with Gasteiger partial charge >= 0.3 is 0 Å². The minimum Gasteiger partial charge on any atom is -0.306 e. The maximum atomic E-state index is 6.07. The van der Waals surface area contributed by atoms with Crippen molar-refractivity contribution in [3.05, 3.63) is 70.7 Å². The Morgan fingerprint density at radius 1 is 1.00 bits per heavy atom. The predicted octanol–water partition coefficient (Wildman–Crippen LogP) is 5.22. The average molecular weight is 355 g/mol. The van der Waals surface area contributed by atoms with E-state index in [1.165, 1.54) is 16.8 Å². The second-order valence-corrected chi connectivity index (χ2v) is 7.41. The number of nitrogens with zero attached hydrogens (tertiary/aromatic N) is 2. The highest BCUT2D eigenvalue weighted by Gasteiger charge is 2.14. The first-order valence-electron chi connectivity index (χ1n) is 9.21. The van der Waals surface area contributed by atoms with E-state index in [-0.39, 0.29) is 0 Å². The fourth-order valence-electron chi connectivity index (χ4n) is 3.43. The van der Waals surface area contributed by atoms with Crippen molar-refractivity contribution in [3.8, 4) is 0 Å². The summed E-state index contributed by atoms with van der Waals surface area (Å²) in [5.41, 5.74) is 4.14. The fraction of sp³-hybridized carbons (Fsp3) is 0.409. The first-order valence-corrected chi connectivity index (χ1v) is 9.58. The van der Waals surface area contributed by atoms with E-state index in [0.717, 1.165) is 50.3 Å². The zero-order valence-electron chi connectivity index (χ0n) is 15.0. The summed E-state index contributed by atoms with van der Waals surface area (Å²) in [7, 11) is 2.19. The third-order valence-electron chi connectivity index (χ3n) is 5.04. The number of likely N-dealkylation sites (tertiary alicyclic amines) is 1. The quantitative estimate of drug-likeness (QED) is 0.694. The van der Waals surface area contributed by atoms with Gasteiger partial charge in [-0.3, -0.25) is 4.99 Å². The molecule has 2 nitrogen and oxygen atoms in total. The summed E-state index contributed by atoms with van der Waals surface area (Å²) in [6.45, 7) is 3.20. The summed E-state index contributed by atoms with van der Waals surface area (Å²) in [5, 5.41) is 0.800. The SMILES string of the molecule is CN1CCC(=NCCC(Cc2ccccc2)c2ccc(Cl)cc2)CC1. The predicted molar refractivity (Wildman–Crippen MR) is 108 cm³/mol. The van der Waals surface area contributed by atoms with Crippen molar-refractivity contribution >= 4 is 17.3 Å². The fourth-order valence-corrected chi connectivity index (χ4v) is 3.56. The van der Waals surface area contributed by atoms with Gasteiger partial charge in [-0.2, -0.15) is 0 Å². The smallest absolute Gasteiger partial charge is 0.0406 e. The lowest BCUT2D eigenvalue weighted by Crippen LogP contribution is -2.30. The molecule has 0 bridgehead atoms. The molecule has 0 saturated carbocycles. The molecule has 1 fully saturated rings. The van der Waals surface area contributed by atoms with E-state index in [2.05, 4.69) is 54.4 Å². The lowest BCUT2D eigenvalue weighted by molar-refractivity contribution is 0.335. The Balaban J connectivity index is 1.65. The van der Waals surface area contributed by atoms with Crippen molar-refractivity contribution in [1.82, 2.24) is 4.90 Å². The van der Waals surface area contributed by atoms with Crippen LogP contribution >= 0.6 is 11.6 Å². The number of halogens is 1. The lowest BCUT2D eigenvalue weighted by atomic mass is 9.89. The van der Waals surface area contributed by atoms with Gasteiger partial charge in [-0.25, -0.2) is 0 Å². The Labute approximate surface area is 156 Å². The zero-order valence-corrected chi connectivity index (χ0v) is 15.8. The molecule has 0 amide bonds. The van der Waals surface area contributed by atoms with Crippen LogP contribution < -0.4 is 0 Å². The van der Waals surface area contributed by atoms with Crippen LogP contribution in [0.2, 0.25) is 5.02 Å². The minimum atomic E-state index is 0.482. The van der Waals surface area contributed by atoms with Gasteiger partial charge in [0.2, 0.25) is 0 Å². The van der Waals surface area contributed by atoms with Gasteiger partial charge in [0, 0.05) is 30.4 Å². The Kier molecular flexibility index (Phi) is 6.66. The Morgan fingerprint density at radius 3 is 2.36 bits per heavy atom. The zero-order chi connectivity index (χ0) is 17.5. The molecule has 1 unspecified atom stereocenters. The van der Waals surface area contributed by atoms with E-state index in [1.807, 2.05) is 12.1 Å². The van der Waals surface area contributed by atoms with E-state index in [9.17, 15) is 0 Å². The summed E-state index contributed by atoms with van der Waals surface area (Å²) < 4.78 is 0. The van der Waals surface area contributed by atoms with E-state index < -0.39 is 0 Å². The van der Waals surface area contributed by atoms with Gasteiger partial charge in [-0.1, -0.05) is 54.1 Å². The standard InChI is InChI=1S/C22H27ClN2/c1-25-15-12-22(13-16-25)24-14-11-20(17-18-5-3-2-4-6-18)19-7-9-21(23)10-8-19/h2-10,20H,11-17H2,1H3. The molecule has 25 heavy (non-hydrogen) atoms. The Hall–Kier alpha value is -1.64. The van der Waals surface area contributed by atoms with E-state index >= 15 is 0 Å². The van der Waals surface area contributed by atoms with E-state index in [0.29, 0.717) is 5.92 Å². The summed E-state index contributed by atoms with van der Waals surface area (Å²) in [6.07, 6.45) is 4.38. The Morgan fingerprint density at radius 2 is 1.68 bits per heavy atom. The molecule has 0 N–H and O–H groups in total. The van der Waals surface area contributed by atoms with Gasteiger partial charge in [0.1, 0.15) is 0 Å². The van der Waals surface area contributed by atoms with E-state index in [4.69, 9.17) is 16.6 Å². The number of rotatable bonds is 6. The van der Waals surface area contributed by atoms with Crippen LogP contribution in [-0.4, -0.2) is 37.3 Å². The van der Waals surface area contributed by atoms with Crippen LogP contribution in [0, 0.1) is 0 Å². The average Bonchev–Trinajstić information content (AvgIpc) is 2.64. The molecule has 2 aromatic rings. The van der Waals surface area contributed by atoms with Crippen molar-refractivity contribution < 1.29 is 0 Å². The molecule has 0 aliphatic carbocycles. The minimum absolute atomic E-state index is 0.482. The van der Waals surface area contributed by atoms with Crippen molar-refractivity contribution in [2.45, 2.75) is 31.6 Å². The molecular formula is C22H27ClN2. The van der Waals surface area contributed by atoms with Crippen LogP contribution in [0.15, 0.2) is 59.6 Å². The molecule has 1 saturated heterocycles. The normalized spacial score (nSPS) is 16.6. The molecule has 132 valence electrons. The largest absolute Gasteiger partial charge is 0.306 e. The molecule has 1 aliphatic heterocycles. The monoisotopic (exact) mass is 354 g/mol. The van der Waals surface area contributed by atoms with Crippen LogP contribution in [0.5, 0.6) is 0 Å². The number of aliphatic imine (C=N–C) groups is 1. The number of piperidine rings is 1. The molecule has 3 heteroatoms. The van der Waals surface area contributed by atoms with Gasteiger partial charge in [0.05, 0.1) is 0 Å². The topological polar surface area (TPSA) is 15.6 Å². The van der Waals surface area contributed by atoms with Crippen molar-refractivity contribution in [2.75, 3.05) is 26.7 Å². The number of hydrogen-bond donors (Lipinski definition) is 0. The van der Waals surface area contributed by atoms with Crippen LogP contribution in [-0.2, 0) is 6.42 Å². The first-order chi connectivity index (χ1) is 12.2. The maximum Gasteiger partial charge on any atom is 0.0406 e. The highest BCUT2D eigenvalue weighted by atomic mass is 35.5. The molecule has 0 aromatic heterocycles. The van der Waals surface area contributed by atoms with Gasteiger partial charge in [-0.15, -0.1) is 0 Å². The number of hydrogen-bond acceptors (Lipinski definition) is 2. The lowest BCUT2D eigenvalue weighted by Gasteiger charge is -2.23. The highest BCUT2D eigenvalue weighted by molar-refractivity contribution is 6.30. The second kappa shape index (κ2) is 9.17. The Bertz CT molecular complexity index is 669. The third-order valence-corrected chi connectivity index (χ3v) is 5.30. The number of benzene rings is 2. The van der Waals surface area contributed by atoms with Gasteiger partial charge in [0.25, 0.3) is 0 Å². The first kappa shape index (κ1) is 18.2. The third kappa shape index (κ3) is 5.69.